The molecule has 1 N–H and O–H groups in total. The van der Waals surface area contributed by atoms with Crippen LogP contribution in [0.3, 0.4) is 0 Å². The van der Waals surface area contributed by atoms with Gasteiger partial charge in [-0.3, -0.25) is 9.59 Å². The van der Waals surface area contributed by atoms with E-state index in [4.69, 9.17) is 16.7 Å². The van der Waals surface area contributed by atoms with Gasteiger partial charge in [0.2, 0.25) is 0 Å². The van der Waals surface area contributed by atoms with E-state index in [9.17, 15) is 9.59 Å². The number of carbonyl (C=O) groups is 2. The van der Waals surface area contributed by atoms with Crippen molar-refractivity contribution in [2.75, 3.05) is 6.54 Å². The molecule has 0 atom stereocenters. The summed E-state index contributed by atoms with van der Waals surface area (Å²) in [5.74, 6) is -1.56. The van der Waals surface area contributed by atoms with Crippen molar-refractivity contribution in [3.63, 3.8) is 0 Å². The number of aromatic nitrogens is 2. The van der Waals surface area contributed by atoms with Crippen LogP contribution in [0.25, 0.3) is 0 Å². The van der Waals surface area contributed by atoms with Crippen LogP contribution in [0.15, 0.2) is 12.1 Å². The first-order chi connectivity index (χ1) is 7.91. The van der Waals surface area contributed by atoms with Gasteiger partial charge in [-0.05, 0) is 26.0 Å². The molecule has 0 fully saturated rings. The lowest BCUT2D eigenvalue weighted by Crippen LogP contribution is -2.41. The van der Waals surface area contributed by atoms with Gasteiger partial charge in [-0.1, -0.05) is 11.6 Å². The Morgan fingerprint density at radius 1 is 1.41 bits per heavy atom. The van der Waals surface area contributed by atoms with E-state index in [2.05, 4.69) is 10.2 Å². The fourth-order valence-electron chi connectivity index (χ4n) is 1.21. The molecule has 0 spiro atoms. The Morgan fingerprint density at radius 2 is 2.06 bits per heavy atom. The van der Waals surface area contributed by atoms with Gasteiger partial charge in [0.15, 0.2) is 10.8 Å². The largest absolute Gasteiger partial charge is 0.480 e. The van der Waals surface area contributed by atoms with Crippen LogP contribution in [0.2, 0.25) is 5.15 Å². The molecule has 6 nitrogen and oxygen atoms in total. The fourth-order valence-corrected chi connectivity index (χ4v) is 1.31. The Balaban J connectivity index is 2.91. The Bertz CT molecular complexity index is 419. The maximum Gasteiger partial charge on any atom is 0.323 e. The number of aliphatic carboxylic acids is 1. The van der Waals surface area contributed by atoms with Crippen molar-refractivity contribution in [1.82, 2.24) is 15.1 Å². The number of rotatable bonds is 4. The van der Waals surface area contributed by atoms with E-state index in [-0.39, 0.29) is 23.4 Å². The first-order valence-electron chi connectivity index (χ1n) is 4.94. The van der Waals surface area contributed by atoms with Gasteiger partial charge < -0.3 is 10.0 Å². The lowest BCUT2D eigenvalue weighted by atomic mass is 10.2. The molecule has 1 aromatic rings. The minimum Gasteiger partial charge on any atom is -0.480 e. The number of carboxylic acids is 1. The Labute approximate surface area is 103 Å². The maximum absolute atomic E-state index is 12.0. The van der Waals surface area contributed by atoms with Crippen molar-refractivity contribution in [3.05, 3.63) is 23.0 Å². The molecular formula is C10H12ClN3O3. The highest BCUT2D eigenvalue weighted by Crippen LogP contribution is 2.08. The standard InChI is InChI=1S/C10H12ClN3O3/c1-6(2)14(5-9(15)16)10(17)7-3-4-8(11)13-12-7/h3-4,6H,5H2,1-2H3,(H,15,16). The zero-order valence-corrected chi connectivity index (χ0v) is 10.2. The van der Waals surface area contributed by atoms with Crippen LogP contribution >= 0.6 is 11.6 Å². The predicted molar refractivity (Wildman–Crippen MR) is 60.9 cm³/mol. The fraction of sp³-hybridized carbons (Fsp3) is 0.400. The molecule has 0 bridgehead atoms. The molecule has 92 valence electrons. The van der Waals surface area contributed by atoms with E-state index in [0.29, 0.717) is 0 Å². The van der Waals surface area contributed by atoms with E-state index in [1.54, 1.807) is 13.8 Å². The number of hydrogen-bond donors (Lipinski definition) is 1. The maximum atomic E-state index is 12.0. The molecule has 1 amide bonds. The lowest BCUT2D eigenvalue weighted by Gasteiger charge is -2.24. The van der Waals surface area contributed by atoms with Gasteiger partial charge in [0, 0.05) is 6.04 Å². The summed E-state index contributed by atoms with van der Waals surface area (Å²) in [6.45, 7) is 3.08. The van der Waals surface area contributed by atoms with Gasteiger partial charge in [0.25, 0.3) is 5.91 Å². The molecule has 1 rings (SSSR count). The van der Waals surface area contributed by atoms with Gasteiger partial charge in [-0.25, -0.2) is 0 Å². The van der Waals surface area contributed by atoms with E-state index >= 15 is 0 Å². The highest BCUT2D eigenvalue weighted by atomic mass is 35.5. The van der Waals surface area contributed by atoms with Crippen LogP contribution in [0.5, 0.6) is 0 Å². The van der Waals surface area contributed by atoms with Crippen LogP contribution in [-0.2, 0) is 4.79 Å². The molecular weight excluding hydrogens is 246 g/mol. The van der Waals surface area contributed by atoms with Crippen LogP contribution < -0.4 is 0 Å². The van der Waals surface area contributed by atoms with E-state index in [0.717, 1.165) is 0 Å². The summed E-state index contributed by atoms with van der Waals surface area (Å²) >= 11 is 5.55. The molecule has 0 saturated heterocycles. The summed E-state index contributed by atoms with van der Waals surface area (Å²) in [7, 11) is 0. The van der Waals surface area contributed by atoms with Crippen LogP contribution in [0.4, 0.5) is 0 Å². The average Bonchev–Trinajstić information content (AvgIpc) is 2.25. The van der Waals surface area contributed by atoms with Crippen LogP contribution in [0.1, 0.15) is 24.3 Å². The minimum atomic E-state index is -1.08. The first kappa shape index (κ1) is 13.4. The van der Waals surface area contributed by atoms with Crippen molar-refractivity contribution in [2.45, 2.75) is 19.9 Å². The Hall–Kier alpha value is -1.69. The summed E-state index contributed by atoms with van der Waals surface area (Å²) in [5, 5.41) is 16.1. The first-order valence-corrected chi connectivity index (χ1v) is 5.31. The third-order valence-corrected chi connectivity index (χ3v) is 2.24. The molecule has 17 heavy (non-hydrogen) atoms. The SMILES string of the molecule is CC(C)N(CC(=O)O)C(=O)c1ccc(Cl)nn1. The molecule has 0 saturated carbocycles. The summed E-state index contributed by atoms with van der Waals surface area (Å²) in [6, 6.07) is 2.60. The summed E-state index contributed by atoms with van der Waals surface area (Å²) in [5.41, 5.74) is 0.0735. The molecule has 0 aliphatic heterocycles. The number of carbonyl (C=O) groups excluding carboxylic acids is 1. The molecule has 0 aromatic carbocycles. The Morgan fingerprint density at radius 3 is 2.47 bits per heavy atom. The molecule has 7 heteroatoms. The zero-order valence-electron chi connectivity index (χ0n) is 9.42. The van der Waals surface area contributed by atoms with Gasteiger partial charge in [0.05, 0.1) is 0 Å². The van der Waals surface area contributed by atoms with Crippen molar-refractivity contribution in [3.8, 4) is 0 Å². The van der Waals surface area contributed by atoms with Gasteiger partial charge in [-0.15, -0.1) is 10.2 Å². The third kappa shape index (κ3) is 3.67. The summed E-state index contributed by atoms with van der Waals surface area (Å²) < 4.78 is 0. The predicted octanol–water partition coefficient (Wildman–Crippen LogP) is 1.07. The lowest BCUT2D eigenvalue weighted by molar-refractivity contribution is -0.138. The van der Waals surface area contributed by atoms with Crippen molar-refractivity contribution < 1.29 is 14.7 Å². The van der Waals surface area contributed by atoms with E-state index in [1.807, 2.05) is 0 Å². The third-order valence-electron chi connectivity index (χ3n) is 2.04. The zero-order chi connectivity index (χ0) is 13.0. The van der Waals surface area contributed by atoms with E-state index < -0.39 is 11.9 Å². The van der Waals surface area contributed by atoms with Gasteiger partial charge in [-0.2, -0.15) is 0 Å². The molecule has 1 heterocycles. The average molecular weight is 258 g/mol. The number of hydrogen-bond acceptors (Lipinski definition) is 4. The summed E-state index contributed by atoms with van der Waals surface area (Å²) in [6.07, 6.45) is 0. The molecule has 0 radical (unpaired) electrons. The monoisotopic (exact) mass is 257 g/mol. The van der Waals surface area contributed by atoms with Crippen molar-refractivity contribution in [1.29, 1.82) is 0 Å². The molecule has 1 aromatic heterocycles. The second-order valence-corrected chi connectivity index (χ2v) is 4.05. The number of carboxylic acid groups (broad SMARTS) is 1. The topological polar surface area (TPSA) is 83.4 Å². The van der Waals surface area contributed by atoms with Crippen LogP contribution in [-0.4, -0.2) is 44.7 Å². The van der Waals surface area contributed by atoms with Gasteiger partial charge >= 0.3 is 5.97 Å². The second-order valence-electron chi connectivity index (χ2n) is 3.66. The number of nitrogens with zero attached hydrogens (tertiary/aromatic N) is 3. The van der Waals surface area contributed by atoms with Crippen molar-refractivity contribution in [2.24, 2.45) is 0 Å². The molecule has 0 unspecified atom stereocenters. The minimum absolute atomic E-state index is 0.0735. The van der Waals surface area contributed by atoms with Crippen molar-refractivity contribution >= 4 is 23.5 Å². The summed E-state index contributed by atoms with van der Waals surface area (Å²) in [4.78, 5) is 23.8. The number of halogens is 1. The molecule has 0 aliphatic rings. The second kappa shape index (κ2) is 5.58. The normalized spacial score (nSPS) is 10.4. The molecule has 0 aliphatic carbocycles. The van der Waals surface area contributed by atoms with Crippen LogP contribution in [0, 0.1) is 0 Å². The smallest absolute Gasteiger partial charge is 0.323 e. The van der Waals surface area contributed by atoms with Gasteiger partial charge in [0.1, 0.15) is 6.54 Å². The quantitative estimate of drug-likeness (QED) is 0.872. The number of amides is 1. The highest BCUT2D eigenvalue weighted by molar-refractivity contribution is 6.29. The Kier molecular flexibility index (Phi) is 4.39. The van der Waals surface area contributed by atoms with E-state index in [1.165, 1.54) is 17.0 Å². The highest BCUT2D eigenvalue weighted by Gasteiger charge is 2.22.